The van der Waals surface area contributed by atoms with Crippen molar-refractivity contribution in [2.45, 2.75) is 37.9 Å². The minimum absolute atomic E-state index is 0.126. The SMILES string of the molecule is CC(C)c1ccc(OC(C)c2nnc(SCC(=O)Nc3cc([N+](=O)[O-])ccc3F)n2-c2ccccc2)cc1. The van der Waals surface area contributed by atoms with Crippen molar-refractivity contribution in [3.05, 3.63) is 100 Å². The maximum absolute atomic E-state index is 14.1. The fraction of sp³-hybridized carbons (Fsp3) is 0.222. The zero-order valence-corrected chi connectivity index (χ0v) is 21.8. The number of carbonyl (C=O) groups excluding carboxylic acids is 1. The predicted octanol–water partition coefficient (Wildman–Crippen LogP) is 6.31. The number of para-hydroxylation sites is 1. The molecule has 0 aliphatic carbocycles. The fourth-order valence-electron chi connectivity index (χ4n) is 3.68. The molecule has 1 aromatic heterocycles. The van der Waals surface area contributed by atoms with Gasteiger partial charge in [-0.3, -0.25) is 19.5 Å². The number of rotatable bonds is 10. The van der Waals surface area contributed by atoms with Crippen LogP contribution in [0.2, 0.25) is 0 Å². The van der Waals surface area contributed by atoms with Crippen LogP contribution >= 0.6 is 11.8 Å². The van der Waals surface area contributed by atoms with Gasteiger partial charge in [-0.15, -0.1) is 10.2 Å². The smallest absolute Gasteiger partial charge is 0.271 e. The van der Waals surface area contributed by atoms with E-state index in [0.717, 1.165) is 35.6 Å². The summed E-state index contributed by atoms with van der Waals surface area (Å²) >= 11 is 1.10. The largest absolute Gasteiger partial charge is 0.483 e. The summed E-state index contributed by atoms with van der Waals surface area (Å²) in [6.07, 6.45) is -0.463. The zero-order chi connectivity index (χ0) is 27.2. The van der Waals surface area contributed by atoms with Gasteiger partial charge in [0, 0.05) is 17.8 Å². The van der Waals surface area contributed by atoms with Crippen LogP contribution in [0.4, 0.5) is 15.8 Å². The molecule has 0 saturated heterocycles. The van der Waals surface area contributed by atoms with Gasteiger partial charge in [-0.05, 0) is 48.7 Å². The average molecular weight is 536 g/mol. The lowest BCUT2D eigenvalue weighted by Gasteiger charge is -2.17. The Morgan fingerprint density at radius 1 is 1.08 bits per heavy atom. The first-order valence-corrected chi connectivity index (χ1v) is 12.9. The summed E-state index contributed by atoms with van der Waals surface area (Å²) in [5, 5.41) is 22.4. The van der Waals surface area contributed by atoms with E-state index in [-0.39, 0.29) is 17.1 Å². The predicted molar refractivity (Wildman–Crippen MR) is 143 cm³/mol. The third kappa shape index (κ3) is 6.35. The maximum Gasteiger partial charge on any atom is 0.271 e. The second kappa shape index (κ2) is 11.9. The van der Waals surface area contributed by atoms with Gasteiger partial charge < -0.3 is 10.1 Å². The zero-order valence-electron chi connectivity index (χ0n) is 21.0. The molecule has 1 N–H and O–H groups in total. The molecule has 196 valence electrons. The highest BCUT2D eigenvalue weighted by molar-refractivity contribution is 7.99. The van der Waals surface area contributed by atoms with Crippen LogP contribution in [0.1, 0.15) is 44.2 Å². The average Bonchev–Trinajstić information content (AvgIpc) is 3.33. The van der Waals surface area contributed by atoms with Crippen molar-refractivity contribution in [3.63, 3.8) is 0 Å². The number of nitro benzene ring substituents is 1. The minimum Gasteiger partial charge on any atom is -0.483 e. The molecule has 0 bridgehead atoms. The number of aromatic nitrogens is 3. The summed E-state index contributed by atoms with van der Waals surface area (Å²) in [5.41, 5.74) is 1.40. The first-order chi connectivity index (χ1) is 18.2. The van der Waals surface area contributed by atoms with Crippen LogP contribution < -0.4 is 10.1 Å². The molecule has 0 aliphatic rings. The molecular formula is C27H26FN5O4S. The number of benzene rings is 3. The highest BCUT2D eigenvalue weighted by atomic mass is 32.2. The minimum atomic E-state index is -0.768. The molecule has 38 heavy (non-hydrogen) atoms. The lowest BCUT2D eigenvalue weighted by molar-refractivity contribution is -0.384. The van der Waals surface area contributed by atoms with Gasteiger partial charge in [0.1, 0.15) is 11.6 Å². The molecular weight excluding hydrogens is 509 g/mol. The van der Waals surface area contributed by atoms with E-state index in [4.69, 9.17) is 4.74 Å². The standard InChI is InChI=1S/C27H26FN5O4S/c1-17(2)19-9-12-22(13-10-19)37-18(3)26-30-31-27(32(26)20-7-5-4-6-8-20)38-16-25(34)29-24-15-21(33(35)36)11-14-23(24)28/h4-15,17-18H,16H2,1-3H3,(H,29,34). The van der Waals surface area contributed by atoms with Crippen LogP contribution in [0.3, 0.4) is 0 Å². The number of carbonyl (C=O) groups is 1. The number of non-ortho nitro benzene ring substituents is 1. The number of nitro groups is 1. The molecule has 4 rings (SSSR count). The van der Waals surface area contributed by atoms with Gasteiger partial charge in [0.2, 0.25) is 5.91 Å². The van der Waals surface area contributed by atoms with E-state index in [0.29, 0.717) is 22.6 Å². The molecule has 0 spiro atoms. The monoisotopic (exact) mass is 535 g/mol. The Morgan fingerprint density at radius 2 is 1.79 bits per heavy atom. The van der Waals surface area contributed by atoms with Gasteiger partial charge in [0.15, 0.2) is 17.1 Å². The quantitative estimate of drug-likeness (QED) is 0.144. The second-order valence-electron chi connectivity index (χ2n) is 8.75. The van der Waals surface area contributed by atoms with Crippen molar-refractivity contribution >= 4 is 29.0 Å². The van der Waals surface area contributed by atoms with Crippen LogP contribution in [0.15, 0.2) is 78.0 Å². The topological polar surface area (TPSA) is 112 Å². The van der Waals surface area contributed by atoms with Gasteiger partial charge in [-0.1, -0.05) is 55.9 Å². The molecule has 0 saturated carbocycles. The molecule has 0 aliphatic heterocycles. The Kier molecular flexibility index (Phi) is 8.37. The number of halogens is 1. The van der Waals surface area contributed by atoms with Crippen LogP contribution in [0.25, 0.3) is 5.69 Å². The van der Waals surface area contributed by atoms with Crippen molar-refractivity contribution < 1.29 is 18.8 Å². The number of hydrogen-bond acceptors (Lipinski definition) is 7. The highest BCUT2D eigenvalue weighted by Crippen LogP contribution is 2.29. The number of thioether (sulfide) groups is 1. The Bertz CT molecular complexity index is 1430. The van der Waals surface area contributed by atoms with Gasteiger partial charge in [-0.25, -0.2) is 4.39 Å². The molecule has 1 amide bonds. The number of anilines is 1. The number of nitrogens with zero attached hydrogens (tertiary/aromatic N) is 4. The van der Waals surface area contributed by atoms with Crippen molar-refractivity contribution in [2.24, 2.45) is 0 Å². The highest BCUT2D eigenvalue weighted by Gasteiger charge is 2.22. The van der Waals surface area contributed by atoms with Gasteiger partial charge in [0.05, 0.1) is 16.4 Å². The summed E-state index contributed by atoms with van der Waals surface area (Å²) in [6, 6.07) is 20.3. The summed E-state index contributed by atoms with van der Waals surface area (Å²) < 4.78 is 22.0. The van der Waals surface area contributed by atoms with Gasteiger partial charge in [0.25, 0.3) is 5.69 Å². The van der Waals surface area contributed by atoms with E-state index >= 15 is 0 Å². The molecule has 1 unspecified atom stereocenters. The van der Waals surface area contributed by atoms with Crippen LogP contribution in [0.5, 0.6) is 5.75 Å². The fourth-order valence-corrected chi connectivity index (χ4v) is 4.44. The normalized spacial score (nSPS) is 11.8. The van der Waals surface area contributed by atoms with Crippen LogP contribution in [-0.4, -0.2) is 31.3 Å². The third-order valence-electron chi connectivity index (χ3n) is 5.66. The lowest BCUT2D eigenvalue weighted by Crippen LogP contribution is -2.16. The third-order valence-corrected chi connectivity index (χ3v) is 6.59. The molecule has 9 nitrogen and oxygen atoms in total. The maximum atomic E-state index is 14.1. The van der Waals surface area contributed by atoms with Crippen molar-refractivity contribution in [1.82, 2.24) is 14.8 Å². The second-order valence-corrected chi connectivity index (χ2v) is 9.70. The Balaban J connectivity index is 1.52. The van der Waals surface area contributed by atoms with E-state index in [1.807, 2.05) is 61.5 Å². The molecule has 4 aromatic rings. The van der Waals surface area contributed by atoms with E-state index < -0.39 is 22.8 Å². The summed E-state index contributed by atoms with van der Waals surface area (Å²) in [6.45, 7) is 6.12. The summed E-state index contributed by atoms with van der Waals surface area (Å²) in [7, 11) is 0. The van der Waals surface area contributed by atoms with Crippen LogP contribution in [0, 0.1) is 15.9 Å². The van der Waals surface area contributed by atoms with E-state index in [1.165, 1.54) is 5.56 Å². The number of ether oxygens (including phenoxy) is 1. The number of nitrogens with one attached hydrogen (secondary N) is 1. The number of amides is 1. The molecule has 0 fully saturated rings. The Labute approximate surface area is 223 Å². The summed E-state index contributed by atoms with van der Waals surface area (Å²) in [4.78, 5) is 22.9. The molecule has 3 aromatic carbocycles. The van der Waals surface area contributed by atoms with E-state index in [2.05, 4.69) is 29.4 Å². The number of hydrogen-bond donors (Lipinski definition) is 1. The van der Waals surface area contributed by atoms with Crippen molar-refractivity contribution in [1.29, 1.82) is 0 Å². The van der Waals surface area contributed by atoms with Gasteiger partial charge in [-0.2, -0.15) is 0 Å². The van der Waals surface area contributed by atoms with E-state index in [1.54, 1.807) is 4.57 Å². The molecule has 0 radical (unpaired) electrons. The molecule has 11 heteroatoms. The van der Waals surface area contributed by atoms with Crippen molar-refractivity contribution in [3.8, 4) is 11.4 Å². The first kappa shape index (κ1) is 26.8. The first-order valence-electron chi connectivity index (χ1n) is 11.9. The Hall–Kier alpha value is -4.25. The van der Waals surface area contributed by atoms with Crippen LogP contribution in [-0.2, 0) is 4.79 Å². The molecule has 1 atom stereocenters. The summed E-state index contributed by atoms with van der Waals surface area (Å²) in [5.74, 6) is 0.199. The van der Waals surface area contributed by atoms with E-state index in [9.17, 15) is 19.3 Å². The Morgan fingerprint density at radius 3 is 2.45 bits per heavy atom. The lowest BCUT2D eigenvalue weighted by atomic mass is 10.0. The van der Waals surface area contributed by atoms with Crippen molar-refractivity contribution in [2.75, 3.05) is 11.1 Å². The molecule has 1 heterocycles. The van der Waals surface area contributed by atoms with Gasteiger partial charge >= 0.3 is 0 Å².